The van der Waals surface area contributed by atoms with Crippen LogP contribution in [0.1, 0.15) is 55.5 Å². The third kappa shape index (κ3) is 3.71. The minimum atomic E-state index is 0.0168. The van der Waals surface area contributed by atoms with Crippen molar-refractivity contribution in [1.82, 2.24) is 30.1 Å². The Hall–Kier alpha value is -2.29. The third-order valence-corrected chi connectivity index (χ3v) is 4.76. The number of rotatable bonds is 6. The standard InChI is InChI=1S/C16H22N6O3/c1-10-17-14(19-24-10)8-22(11(2)23)13-5-6-21(7-13)9-15-18-16(20-25-15)12-3-4-12/h12-13H,3-9H2,1-2H3/t13-/m1/s1. The van der Waals surface area contributed by atoms with Crippen molar-refractivity contribution in [2.75, 3.05) is 13.1 Å². The van der Waals surface area contributed by atoms with E-state index in [1.165, 1.54) is 0 Å². The van der Waals surface area contributed by atoms with Crippen molar-refractivity contribution in [2.45, 2.75) is 58.2 Å². The van der Waals surface area contributed by atoms with E-state index in [1.54, 1.807) is 13.8 Å². The molecule has 0 aromatic carbocycles. The van der Waals surface area contributed by atoms with Crippen molar-refractivity contribution in [3.63, 3.8) is 0 Å². The van der Waals surface area contributed by atoms with E-state index in [-0.39, 0.29) is 11.9 Å². The van der Waals surface area contributed by atoms with Crippen LogP contribution >= 0.6 is 0 Å². The van der Waals surface area contributed by atoms with Gasteiger partial charge in [0.25, 0.3) is 0 Å². The van der Waals surface area contributed by atoms with Crippen molar-refractivity contribution < 1.29 is 13.8 Å². The summed E-state index contributed by atoms with van der Waals surface area (Å²) in [6.07, 6.45) is 3.22. The third-order valence-electron chi connectivity index (χ3n) is 4.76. The fourth-order valence-electron chi connectivity index (χ4n) is 3.30. The number of carbonyl (C=O) groups is 1. The van der Waals surface area contributed by atoms with Gasteiger partial charge in [-0.1, -0.05) is 10.3 Å². The normalized spacial score (nSPS) is 21.0. The minimum Gasteiger partial charge on any atom is -0.340 e. The first-order valence-electron chi connectivity index (χ1n) is 8.69. The molecule has 2 fully saturated rings. The number of hydrogen-bond donors (Lipinski definition) is 0. The molecule has 3 heterocycles. The summed E-state index contributed by atoms with van der Waals surface area (Å²) in [6, 6.07) is 0.127. The SMILES string of the molecule is CC(=O)N(Cc1noc(C)n1)[C@@H]1CCN(Cc2nc(C3CC3)no2)C1. The summed E-state index contributed by atoms with van der Waals surface area (Å²) in [7, 11) is 0. The fourth-order valence-corrected chi connectivity index (χ4v) is 3.30. The highest BCUT2D eigenvalue weighted by molar-refractivity contribution is 5.73. The van der Waals surface area contributed by atoms with Crippen LogP contribution in [0, 0.1) is 6.92 Å². The molecule has 2 aliphatic rings. The number of aryl methyl sites for hydroxylation is 1. The molecular formula is C16H22N6O3. The van der Waals surface area contributed by atoms with E-state index in [1.807, 2.05) is 4.90 Å². The second-order valence-corrected chi connectivity index (χ2v) is 6.87. The van der Waals surface area contributed by atoms with Gasteiger partial charge in [0.1, 0.15) is 0 Å². The Labute approximate surface area is 145 Å². The van der Waals surface area contributed by atoms with Crippen molar-refractivity contribution in [3.8, 4) is 0 Å². The van der Waals surface area contributed by atoms with Crippen LogP contribution in [-0.2, 0) is 17.9 Å². The second-order valence-electron chi connectivity index (χ2n) is 6.87. The molecule has 0 spiro atoms. The zero-order chi connectivity index (χ0) is 17.4. The highest BCUT2D eigenvalue weighted by Crippen LogP contribution is 2.38. The Bertz CT molecular complexity index is 753. The molecule has 0 N–H and O–H groups in total. The van der Waals surface area contributed by atoms with Gasteiger partial charge in [-0.25, -0.2) is 0 Å². The average molecular weight is 346 g/mol. The Kier molecular flexibility index (Phi) is 4.24. The van der Waals surface area contributed by atoms with Crippen LogP contribution in [-0.4, -0.2) is 55.1 Å². The van der Waals surface area contributed by atoms with Crippen molar-refractivity contribution >= 4 is 5.91 Å². The number of aromatic nitrogens is 4. The average Bonchev–Trinajstić information content (AvgIpc) is 2.95. The molecule has 0 bridgehead atoms. The first kappa shape index (κ1) is 16.2. The molecule has 1 atom stereocenters. The molecule has 0 unspecified atom stereocenters. The number of carbonyl (C=O) groups excluding carboxylic acids is 1. The highest BCUT2D eigenvalue weighted by atomic mass is 16.5. The Morgan fingerprint density at radius 3 is 2.76 bits per heavy atom. The van der Waals surface area contributed by atoms with E-state index in [9.17, 15) is 4.79 Å². The quantitative estimate of drug-likeness (QED) is 0.770. The summed E-state index contributed by atoms with van der Waals surface area (Å²) < 4.78 is 10.4. The molecular weight excluding hydrogens is 324 g/mol. The Morgan fingerprint density at radius 1 is 1.24 bits per heavy atom. The molecule has 2 aromatic heterocycles. The van der Waals surface area contributed by atoms with Gasteiger partial charge >= 0.3 is 0 Å². The van der Waals surface area contributed by atoms with Crippen LogP contribution in [0.5, 0.6) is 0 Å². The number of amides is 1. The van der Waals surface area contributed by atoms with Crippen LogP contribution in [0.2, 0.25) is 0 Å². The predicted octanol–water partition coefficient (Wildman–Crippen LogP) is 1.26. The molecule has 2 aromatic rings. The lowest BCUT2D eigenvalue weighted by atomic mass is 10.2. The molecule has 1 saturated heterocycles. The molecule has 1 saturated carbocycles. The summed E-state index contributed by atoms with van der Waals surface area (Å²) >= 11 is 0. The van der Waals surface area contributed by atoms with Gasteiger partial charge in [-0.2, -0.15) is 9.97 Å². The minimum absolute atomic E-state index is 0.0168. The summed E-state index contributed by atoms with van der Waals surface area (Å²) in [4.78, 5) is 24.8. The number of likely N-dealkylation sites (tertiary alicyclic amines) is 1. The summed E-state index contributed by atoms with van der Waals surface area (Å²) in [5.41, 5.74) is 0. The first-order chi connectivity index (χ1) is 12.1. The molecule has 25 heavy (non-hydrogen) atoms. The van der Waals surface area contributed by atoms with Crippen LogP contribution < -0.4 is 0 Å². The molecule has 9 heteroatoms. The van der Waals surface area contributed by atoms with Crippen LogP contribution in [0.4, 0.5) is 0 Å². The van der Waals surface area contributed by atoms with Gasteiger partial charge in [0.05, 0.1) is 13.1 Å². The molecule has 1 aliphatic heterocycles. The van der Waals surface area contributed by atoms with Gasteiger partial charge in [-0.3, -0.25) is 9.69 Å². The lowest BCUT2D eigenvalue weighted by molar-refractivity contribution is -0.131. The number of nitrogens with zero attached hydrogens (tertiary/aromatic N) is 6. The highest BCUT2D eigenvalue weighted by Gasteiger charge is 2.32. The van der Waals surface area contributed by atoms with Crippen LogP contribution in [0.15, 0.2) is 9.05 Å². The van der Waals surface area contributed by atoms with E-state index in [4.69, 9.17) is 9.05 Å². The van der Waals surface area contributed by atoms with Crippen molar-refractivity contribution in [1.29, 1.82) is 0 Å². The monoisotopic (exact) mass is 346 g/mol. The maximum Gasteiger partial charge on any atom is 0.240 e. The van der Waals surface area contributed by atoms with E-state index in [2.05, 4.69) is 25.2 Å². The number of hydrogen-bond acceptors (Lipinski definition) is 8. The van der Waals surface area contributed by atoms with E-state index in [0.717, 1.165) is 38.2 Å². The smallest absolute Gasteiger partial charge is 0.240 e. The van der Waals surface area contributed by atoms with E-state index < -0.39 is 0 Å². The zero-order valence-electron chi connectivity index (χ0n) is 14.5. The van der Waals surface area contributed by atoms with Crippen molar-refractivity contribution in [3.05, 3.63) is 23.4 Å². The first-order valence-corrected chi connectivity index (χ1v) is 8.69. The topological polar surface area (TPSA) is 101 Å². The van der Waals surface area contributed by atoms with E-state index in [0.29, 0.717) is 36.6 Å². The summed E-state index contributed by atoms with van der Waals surface area (Å²) in [6.45, 7) is 5.99. The van der Waals surface area contributed by atoms with Gasteiger partial charge in [0, 0.05) is 38.9 Å². The summed E-state index contributed by atoms with van der Waals surface area (Å²) in [5.74, 6) is 3.06. The van der Waals surface area contributed by atoms with Gasteiger partial charge in [-0.15, -0.1) is 0 Å². The van der Waals surface area contributed by atoms with Gasteiger partial charge in [0.2, 0.25) is 17.7 Å². The van der Waals surface area contributed by atoms with Gasteiger partial charge in [-0.05, 0) is 19.3 Å². The fraction of sp³-hybridized carbons (Fsp3) is 0.688. The van der Waals surface area contributed by atoms with Crippen molar-refractivity contribution in [2.24, 2.45) is 0 Å². The van der Waals surface area contributed by atoms with Gasteiger partial charge < -0.3 is 13.9 Å². The second kappa shape index (κ2) is 6.55. The predicted molar refractivity (Wildman–Crippen MR) is 85.2 cm³/mol. The zero-order valence-corrected chi connectivity index (χ0v) is 14.5. The van der Waals surface area contributed by atoms with E-state index >= 15 is 0 Å². The lowest BCUT2D eigenvalue weighted by Crippen LogP contribution is -2.40. The Morgan fingerprint density at radius 2 is 2.08 bits per heavy atom. The van der Waals surface area contributed by atoms with Crippen LogP contribution in [0.25, 0.3) is 0 Å². The maximum absolute atomic E-state index is 12.1. The molecule has 4 rings (SSSR count). The molecule has 134 valence electrons. The molecule has 0 radical (unpaired) electrons. The Balaban J connectivity index is 1.36. The lowest BCUT2D eigenvalue weighted by Gasteiger charge is -2.26. The largest absolute Gasteiger partial charge is 0.340 e. The summed E-state index contributed by atoms with van der Waals surface area (Å²) in [5, 5.41) is 7.95. The van der Waals surface area contributed by atoms with Gasteiger partial charge in [0.15, 0.2) is 11.6 Å². The maximum atomic E-state index is 12.1. The molecule has 9 nitrogen and oxygen atoms in total. The molecule has 1 amide bonds. The molecule has 1 aliphatic carbocycles. The van der Waals surface area contributed by atoms with Crippen LogP contribution in [0.3, 0.4) is 0 Å².